The summed E-state index contributed by atoms with van der Waals surface area (Å²) in [5.41, 5.74) is 0.361. The number of aryl methyl sites for hydroxylation is 1. The molecule has 1 aromatic rings. The fourth-order valence-electron chi connectivity index (χ4n) is 2.12. The summed E-state index contributed by atoms with van der Waals surface area (Å²) >= 11 is 5.87. The van der Waals surface area contributed by atoms with E-state index in [1.165, 1.54) is 0 Å². The third kappa shape index (κ3) is 12.1. The number of carbonyl (C=O) groups is 1. The van der Waals surface area contributed by atoms with Crippen LogP contribution in [0.15, 0.2) is 6.07 Å². The molecule has 0 aliphatic heterocycles. The maximum atomic E-state index is 11.5. The molecular weight excluding hydrogens is 386 g/mol. The quantitative estimate of drug-likeness (QED) is 0.275. The summed E-state index contributed by atoms with van der Waals surface area (Å²) in [6.45, 7) is 10.8. The summed E-state index contributed by atoms with van der Waals surface area (Å²) < 4.78 is 21.5. The Morgan fingerprint density at radius 2 is 1.61 bits per heavy atom. The molecule has 9 heteroatoms. The highest BCUT2D eigenvalue weighted by Crippen LogP contribution is 2.13. The molecule has 0 bridgehead atoms. The zero-order valence-corrected chi connectivity index (χ0v) is 18.3. The average Bonchev–Trinajstić information content (AvgIpc) is 2.57. The van der Waals surface area contributed by atoms with E-state index in [1.54, 1.807) is 0 Å². The molecule has 0 spiro atoms. The van der Waals surface area contributed by atoms with Crippen molar-refractivity contribution < 1.29 is 23.7 Å². The molecule has 0 atom stereocenters. The molecule has 0 aliphatic rings. The summed E-state index contributed by atoms with van der Waals surface area (Å²) in [6, 6.07) is 1.87. The zero-order valence-electron chi connectivity index (χ0n) is 17.5. The van der Waals surface area contributed by atoms with Gasteiger partial charge in [0.15, 0.2) is 0 Å². The Bertz CT molecular complexity index is 575. The second-order valence-electron chi connectivity index (χ2n) is 7.23. The smallest absolute Gasteiger partial charge is 0.308 e. The van der Waals surface area contributed by atoms with E-state index < -0.39 is 5.60 Å². The summed E-state index contributed by atoms with van der Waals surface area (Å²) in [5, 5.41) is 0.240. The highest BCUT2D eigenvalue weighted by Gasteiger charge is 2.15. The van der Waals surface area contributed by atoms with Crippen LogP contribution in [0.3, 0.4) is 0 Å². The molecule has 28 heavy (non-hydrogen) atoms. The fraction of sp³-hybridized carbons (Fsp3) is 0.737. The molecule has 0 amide bonds. The molecule has 0 fully saturated rings. The number of ether oxygens (including phenoxy) is 4. The number of likely N-dealkylation sites (N-methyl/N-ethyl adjacent to an activating group) is 1. The molecule has 1 heterocycles. The van der Waals surface area contributed by atoms with Crippen molar-refractivity contribution in [2.45, 2.75) is 39.7 Å². The summed E-state index contributed by atoms with van der Waals surface area (Å²) in [5.74, 6) is 0.507. The Morgan fingerprint density at radius 3 is 2.18 bits per heavy atom. The highest BCUT2D eigenvalue weighted by atomic mass is 35.5. The normalized spacial score (nSPS) is 11.5. The monoisotopic (exact) mass is 417 g/mol. The van der Waals surface area contributed by atoms with Crippen LogP contribution in [0.1, 0.15) is 32.9 Å². The molecule has 0 saturated carbocycles. The fourth-order valence-corrected chi connectivity index (χ4v) is 2.34. The maximum Gasteiger partial charge on any atom is 0.308 e. The summed E-state index contributed by atoms with van der Waals surface area (Å²) in [7, 11) is 1.92. The molecule has 8 nitrogen and oxygen atoms in total. The number of esters is 1. The van der Waals surface area contributed by atoms with Crippen molar-refractivity contribution in [2.75, 3.05) is 58.1 Å². The lowest BCUT2D eigenvalue weighted by atomic mass is 10.2. The average molecular weight is 418 g/mol. The minimum atomic E-state index is -0.462. The van der Waals surface area contributed by atoms with Crippen molar-refractivity contribution in [3.05, 3.63) is 17.0 Å². The number of rotatable bonds is 13. The second kappa shape index (κ2) is 12.9. The minimum absolute atomic E-state index is 0.240. The van der Waals surface area contributed by atoms with Crippen molar-refractivity contribution >= 4 is 23.4 Å². The van der Waals surface area contributed by atoms with Crippen molar-refractivity contribution in [1.29, 1.82) is 0 Å². The molecular formula is C19H32ClN3O5. The van der Waals surface area contributed by atoms with Gasteiger partial charge in [-0.25, -0.2) is 9.97 Å². The molecule has 0 aromatic carbocycles. The van der Waals surface area contributed by atoms with Gasteiger partial charge in [0.05, 0.1) is 46.1 Å². The van der Waals surface area contributed by atoms with E-state index in [2.05, 4.69) is 9.97 Å². The van der Waals surface area contributed by atoms with E-state index in [1.807, 2.05) is 45.7 Å². The second-order valence-corrected chi connectivity index (χ2v) is 7.57. The van der Waals surface area contributed by atoms with E-state index in [0.29, 0.717) is 46.2 Å². The van der Waals surface area contributed by atoms with Gasteiger partial charge in [0.25, 0.3) is 0 Å². The van der Waals surface area contributed by atoms with Crippen LogP contribution in [0.2, 0.25) is 5.28 Å². The lowest BCUT2D eigenvalue weighted by molar-refractivity contribution is -0.156. The Morgan fingerprint density at radius 1 is 1.04 bits per heavy atom. The Kier molecular flexibility index (Phi) is 11.3. The molecule has 0 aliphatic carbocycles. The van der Waals surface area contributed by atoms with Crippen molar-refractivity contribution in [3.8, 4) is 0 Å². The van der Waals surface area contributed by atoms with E-state index >= 15 is 0 Å². The zero-order chi connectivity index (χ0) is 21.0. The molecule has 0 N–H and O–H groups in total. The van der Waals surface area contributed by atoms with Gasteiger partial charge in [0.2, 0.25) is 5.28 Å². The first kappa shape index (κ1) is 24.6. The number of anilines is 1. The van der Waals surface area contributed by atoms with Crippen LogP contribution in [-0.4, -0.2) is 74.8 Å². The summed E-state index contributed by atoms with van der Waals surface area (Å²) in [6.07, 6.45) is 0.241. The molecule has 0 unspecified atom stereocenters. The lowest BCUT2D eigenvalue weighted by Gasteiger charge is -2.19. The molecule has 1 rings (SSSR count). The Labute approximate surface area is 172 Å². The van der Waals surface area contributed by atoms with Gasteiger partial charge in [-0.15, -0.1) is 0 Å². The van der Waals surface area contributed by atoms with Gasteiger partial charge in [0, 0.05) is 25.4 Å². The van der Waals surface area contributed by atoms with Gasteiger partial charge >= 0.3 is 5.97 Å². The van der Waals surface area contributed by atoms with E-state index in [0.717, 1.165) is 11.5 Å². The van der Waals surface area contributed by atoms with E-state index in [4.69, 9.17) is 30.5 Å². The Hall–Kier alpha value is -1.48. The van der Waals surface area contributed by atoms with Crippen molar-refractivity contribution in [3.63, 3.8) is 0 Å². The maximum absolute atomic E-state index is 11.5. The van der Waals surface area contributed by atoms with Gasteiger partial charge in [-0.05, 0) is 39.3 Å². The van der Waals surface area contributed by atoms with Crippen LogP contribution in [0.5, 0.6) is 0 Å². The molecule has 0 radical (unpaired) electrons. The van der Waals surface area contributed by atoms with Crippen LogP contribution in [0, 0.1) is 6.92 Å². The molecule has 160 valence electrons. The number of halogens is 1. The number of carbonyl (C=O) groups excluding carboxylic acids is 1. The standard InChI is InChI=1S/C19H32ClN3O5/c1-15-14-16(22-18(20)21-15)23(5)7-9-26-11-13-27-12-10-25-8-6-17(24)28-19(2,3)4/h14H,6-13H2,1-5H3. The van der Waals surface area contributed by atoms with Gasteiger partial charge in [-0.2, -0.15) is 0 Å². The first-order chi connectivity index (χ1) is 13.2. The van der Waals surface area contributed by atoms with Crippen LogP contribution in [-0.2, 0) is 23.7 Å². The van der Waals surface area contributed by atoms with E-state index in [9.17, 15) is 4.79 Å². The first-order valence-electron chi connectivity index (χ1n) is 9.35. The third-order valence-corrected chi connectivity index (χ3v) is 3.56. The first-order valence-corrected chi connectivity index (χ1v) is 9.72. The van der Waals surface area contributed by atoms with Gasteiger partial charge in [-0.1, -0.05) is 0 Å². The topological polar surface area (TPSA) is 83.0 Å². The van der Waals surface area contributed by atoms with Crippen LogP contribution >= 0.6 is 11.6 Å². The third-order valence-electron chi connectivity index (χ3n) is 3.39. The largest absolute Gasteiger partial charge is 0.460 e. The Balaban J connectivity index is 1.96. The van der Waals surface area contributed by atoms with Crippen LogP contribution in [0.25, 0.3) is 0 Å². The van der Waals surface area contributed by atoms with E-state index in [-0.39, 0.29) is 17.7 Å². The van der Waals surface area contributed by atoms with Crippen LogP contribution in [0.4, 0.5) is 5.82 Å². The van der Waals surface area contributed by atoms with Crippen molar-refractivity contribution in [2.24, 2.45) is 0 Å². The summed E-state index contributed by atoms with van der Waals surface area (Å²) in [4.78, 5) is 21.7. The number of nitrogens with zero attached hydrogens (tertiary/aromatic N) is 3. The van der Waals surface area contributed by atoms with Gasteiger partial charge < -0.3 is 23.8 Å². The lowest BCUT2D eigenvalue weighted by Crippen LogP contribution is -2.25. The predicted octanol–water partition coefficient (Wildman–Crippen LogP) is 2.66. The van der Waals surface area contributed by atoms with Crippen molar-refractivity contribution in [1.82, 2.24) is 9.97 Å². The molecule has 0 saturated heterocycles. The molecule has 1 aromatic heterocycles. The number of hydrogen-bond acceptors (Lipinski definition) is 8. The predicted molar refractivity (Wildman–Crippen MR) is 108 cm³/mol. The highest BCUT2D eigenvalue weighted by molar-refractivity contribution is 6.28. The SMILES string of the molecule is Cc1cc(N(C)CCOCCOCCOCCC(=O)OC(C)(C)C)nc(Cl)n1. The van der Waals surface area contributed by atoms with Gasteiger partial charge in [0.1, 0.15) is 11.4 Å². The number of hydrogen-bond donors (Lipinski definition) is 0. The van der Waals surface area contributed by atoms with Crippen LogP contribution < -0.4 is 4.90 Å². The van der Waals surface area contributed by atoms with Gasteiger partial charge in [-0.3, -0.25) is 4.79 Å². The minimum Gasteiger partial charge on any atom is -0.460 e. The number of aromatic nitrogens is 2.